The monoisotopic (exact) mass is 328 g/mol. The number of carbonyl (C=O) groups is 3. The lowest BCUT2D eigenvalue weighted by Crippen LogP contribution is -2.44. The van der Waals surface area contributed by atoms with Gasteiger partial charge in [0.25, 0.3) is 0 Å². The van der Waals surface area contributed by atoms with Crippen LogP contribution < -0.4 is 5.32 Å². The van der Waals surface area contributed by atoms with Crippen LogP contribution in [-0.2, 0) is 19.1 Å². The standard InChI is InChI=1S/C16H28N2O5/c1-11(2)9-12(17-3)15(20)22-10-23-16(21)18(4)13-7-5-6-8-14(13)19/h11-13,17H,5-10H2,1-4H3. The van der Waals surface area contributed by atoms with Gasteiger partial charge in [0.2, 0.25) is 6.79 Å². The molecule has 0 aromatic heterocycles. The summed E-state index contributed by atoms with van der Waals surface area (Å²) in [5.74, 6) is -0.0590. The Hall–Kier alpha value is -1.63. The first-order valence-corrected chi connectivity index (χ1v) is 8.13. The van der Waals surface area contributed by atoms with Crippen molar-refractivity contribution in [2.75, 3.05) is 20.9 Å². The molecule has 2 atom stereocenters. The molecule has 1 saturated carbocycles. The number of hydrogen-bond acceptors (Lipinski definition) is 6. The highest BCUT2D eigenvalue weighted by Gasteiger charge is 2.30. The fourth-order valence-corrected chi connectivity index (χ4v) is 2.65. The summed E-state index contributed by atoms with van der Waals surface area (Å²) >= 11 is 0. The van der Waals surface area contributed by atoms with Crippen LogP contribution in [0.2, 0.25) is 0 Å². The lowest BCUT2D eigenvalue weighted by molar-refractivity contribution is -0.155. The van der Waals surface area contributed by atoms with Gasteiger partial charge < -0.3 is 19.7 Å². The molecule has 23 heavy (non-hydrogen) atoms. The molecule has 2 unspecified atom stereocenters. The van der Waals surface area contributed by atoms with Crippen LogP contribution in [0.15, 0.2) is 0 Å². The van der Waals surface area contributed by atoms with Crippen molar-refractivity contribution in [2.45, 2.75) is 58.0 Å². The molecule has 1 aliphatic rings. The molecule has 7 heteroatoms. The number of amides is 1. The van der Waals surface area contributed by atoms with Crippen LogP contribution in [0.1, 0.15) is 46.0 Å². The maximum absolute atomic E-state index is 11.9. The maximum atomic E-state index is 11.9. The molecule has 1 rings (SSSR count). The smallest absolute Gasteiger partial charge is 0.413 e. The van der Waals surface area contributed by atoms with E-state index in [0.717, 1.165) is 12.8 Å². The summed E-state index contributed by atoms with van der Waals surface area (Å²) in [4.78, 5) is 36.9. The molecular formula is C16H28N2O5. The molecule has 0 aliphatic heterocycles. The highest BCUT2D eigenvalue weighted by molar-refractivity contribution is 5.87. The van der Waals surface area contributed by atoms with Crippen molar-refractivity contribution in [3.8, 4) is 0 Å². The quantitative estimate of drug-likeness (QED) is 0.565. The zero-order valence-electron chi connectivity index (χ0n) is 14.5. The number of esters is 1. The van der Waals surface area contributed by atoms with Crippen molar-refractivity contribution in [3.63, 3.8) is 0 Å². The van der Waals surface area contributed by atoms with E-state index in [4.69, 9.17) is 9.47 Å². The van der Waals surface area contributed by atoms with Crippen molar-refractivity contribution < 1.29 is 23.9 Å². The van der Waals surface area contributed by atoms with Crippen LogP contribution in [0.5, 0.6) is 0 Å². The van der Waals surface area contributed by atoms with Crippen LogP contribution in [0.25, 0.3) is 0 Å². The van der Waals surface area contributed by atoms with Crippen molar-refractivity contribution in [3.05, 3.63) is 0 Å². The van der Waals surface area contributed by atoms with Gasteiger partial charge in [0.1, 0.15) is 6.04 Å². The maximum Gasteiger partial charge on any atom is 0.413 e. The van der Waals surface area contributed by atoms with E-state index >= 15 is 0 Å². The third kappa shape index (κ3) is 6.17. The molecule has 1 fully saturated rings. The second kappa shape index (κ2) is 9.50. The molecule has 0 aromatic rings. The Morgan fingerprint density at radius 2 is 2.00 bits per heavy atom. The molecule has 1 N–H and O–H groups in total. The summed E-state index contributed by atoms with van der Waals surface area (Å²) in [6, 6.07) is -0.857. The zero-order chi connectivity index (χ0) is 17.4. The van der Waals surface area contributed by atoms with Crippen molar-refractivity contribution in [2.24, 2.45) is 5.92 Å². The van der Waals surface area contributed by atoms with E-state index < -0.39 is 30.9 Å². The number of hydrogen-bond donors (Lipinski definition) is 1. The van der Waals surface area contributed by atoms with Crippen LogP contribution in [0, 0.1) is 5.92 Å². The zero-order valence-corrected chi connectivity index (χ0v) is 14.5. The molecule has 1 aliphatic carbocycles. The third-order valence-electron chi connectivity index (χ3n) is 4.00. The lowest BCUT2D eigenvalue weighted by atomic mass is 9.93. The average molecular weight is 328 g/mol. The molecule has 132 valence electrons. The molecule has 1 amide bonds. The topological polar surface area (TPSA) is 84.9 Å². The van der Waals surface area contributed by atoms with Gasteiger partial charge in [-0.3, -0.25) is 9.59 Å². The van der Waals surface area contributed by atoms with Crippen LogP contribution in [0.3, 0.4) is 0 Å². The number of likely N-dealkylation sites (N-methyl/N-ethyl adjacent to an activating group) is 2. The van der Waals surface area contributed by atoms with E-state index in [0.29, 0.717) is 25.2 Å². The first-order valence-electron chi connectivity index (χ1n) is 8.13. The van der Waals surface area contributed by atoms with Crippen molar-refractivity contribution in [1.29, 1.82) is 0 Å². The minimum atomic E-state index is -0.650. The molecule has 0 radical (unpaired) electrons. The fraction of sp³-hybridized carbons (Fsp3) is 0.812. The van der Waals surface area contributed by atoms with E-state index in [2.05, 4.69) is 5.32 Å². The largest absolute Gasteiger partial charge is 0.427 e. The van der Waals surface area contributed by atoms with Gasteiger partial charge in [-0.2, -0.15) is 0 Å². The number of nitrogens with one attached hydrogen (secondary N) is 1. The summed E-state index contributed by atoms with van der Waals surface area (Å²) in [5.41, 5.74) is 0. The Kier molecular flexibility index (Phi) is 8.02. The molecule has 0 bridgehead atoms. The SMILES string of the molecule is CNC(CC(C)C)C(=O)OCOC(=O)N(C)C1CCCCC1=O. The number of nitrogens with zero attached hydrogens (tertiary/aromatic N) is 1. The Labute approximate surface area is 137 Å². The Balaban J connectivity index is 2.37. The summed E-state index contributed by atoms with van der Waals surface area (Å²) in [5, 5.41) is 2.88. The Bertz CT molecular complexity index is 425. The first-order chi connectivity index (χ1) is 10.9. The summed E-state index contributed by atoms with van der Waals surface area (Å²) in [6.45, 7) is 3.57. The predicted octanol–water partition coefficient (Wildman–Crippen LogP) is 1.70. The minimum Gasteiger partial charge on any atom is -0.427 e. The minimum absolute atomic E-state index is 0.0554. The van der Waals surface area contributed by atoms with Gasteiger partial charge in [-0.05, 0) is 32.2 Å². The van der Waals surface area contributed by atoms with Crippen LogP contribution >= 0.6 is 0 Å². The predicted molar refractivity (Wildman–Crippen MR) is 84.8 cm³/mol. The van der Waals surface area contributed by atoms with Gasteiger partial charge >= 0.3 is 12.1 Å². The fourth-order valence-electron chi connectivity index (χ4n) is 2.65. The molecule has 0 saturated heterocycles. The van der Waals surface area contributed by atoms with Crippen molar-refractivity contribution in [1.82, 2.24) is 10.2 Å². The van der Waals surface area contributed by atoms with Gasteiger partial charge in [-0.15, -0.1) is 0 Å². The van der Waals surface area contributed by atoms with E-state index in [9.17, 15) is 14.4 Å². The highest BCUT2D eigenvalue weighted by Crippen LogP contribution is 2.19. The van der Waals surface area contributed by atoms with E-state index in [-0.39, 0.29) is 5.78 Å². The number of carbonyl (C=O) groups excluding carboxylic acids is 3. The second-order valence-corrected chi connectivity index (χ2v) is 6.30. The van der Waals surface area contributed by atoms with Gasteiger partial charge in [-0.1, -0.05) is 20.3 Å². The van der Waals surface area contributed by atoms with Crippen LogP contribution in [0.4, 0.5) is 4.79 Å². The lowest BCUT2D eigenvalue weighted by Gasteiger charge is -2.29. The number of ketones is 1. The van der Waals surface area contributed by atoms with E-state index in [1.54, 1.807) is 7.05 Å². The normalized spacial score (nSPS) is 19.3. The van der Waals surface area contributed by atoms with Gasteiger partial charge in [0.05, 0.1) is 6.04 Å². The molecule has 0 aromatic carbocycles. The highest BCUT2D eigenvalue weighted by atomic mass is 16.7. The Morgan fingerprint density at radius 1 is 1.30 bits per heavy atom. The van der Waals surface area contributed by atoms with Gasteiger partial charge in [0.15, 0.2) is 5.78 Å². The second-order valence-electron chi connectivity index (χ2n) is 6.30. The summed E-state index contributed by atoms with van der Waals surface area (Å²) < 4.78 is 9.91. The third-order valence-corrected chi connectivity index (χ3v) is 4.00. The average Bonchev–Trinajstić information content (AvgIpc) is 2.51. The molecule has 0 heterocycles. The molecular weight excluding hydrogens is 300 g/mol. The van der Waals surface area contributed by atoms with Gasteiger partial charge in [0, 0.05) is 13.5 Å². The van der Waals surface area contributed by atoms with Crippen molar-refractivity contribution >= 4 is 17.8 Å². The first kappa shape index (κ1) is 19.4. The number of rotatable bonds is 7. The number of Topliss-reactive ketones (excluding diaryl/α,β-unsaturated/α-hetero) is 1. The summed E-state index contributed by atoms with van der Waals surface area (Å²) in [6.07, 6.45) is 2.93. The molecule has 7 nitrogen and oxygen atoms in total. The van der Waals surface area contributed by atoms with E-state index in [1.807, 2.05) is 13.8 Å². The molecule has 0 spiro atoms. The Morgan fingerprint density at radius 3 is 2.57 bits per heavy atom. The van der Waals surface area contributed by atoms with Gasteiger partial charge in [-0.25, -0.2) is 4.79 Å². The van der Waals surface area contributed by atoms with E-state index in [1.165, 1.54) is 11.9 Å². The van der Waals surface area contributed by atoms with Crippen LogP contribution in [-0.4, -0.2) is 55.7 Å². The summed E-state index contributed by atoms with van der Waals surface area (Å²) in [7, 11) is 3.22. The number of ether oxygens (including phenoxy) is 2.